The topological polar surface area (TPSA) is 75.6 Å². The highest BCUT2D eigenvalue weighted by Crippen LogP contribution is 2.32. The van der Waals surface area contributed by atoms with Crippen LogP contribution in [0.15, 0.2) is 0 Å². The maximum atomic E-state index is 11.6. The van der Waals surface area contributed by atoms with E-state index in [1.807, 2.05) is 6.92 Å². The standard InChI is InChI=1S/C12H21NO4/c1-4-17-9-5-8(6-9)7-10(14)13-12(2,3)11(15)16/h8-9H,4-7H2,1-3H3,(H,13,14)(H,15,16). The molecule has 1 saturated carbocycles. The minimum atomic E-state index is -1.19. The zero-order chi connectivity index (χ0) is 13.1. The quantitative estimate of drug-likeness (QED) is 0.734. The van der Waals surface area contributed by atoms with Crippen LogP contribution in [0.25, 0.3) is 0 Å². The highest BCUT2D eigenvalue weighted by molar-refractivity contribution is 5.86. The van der Waals surface area contributed by atoms with Gasteiger partial charge in [-0.1, -0.05) is 0 Å². The minimum Gasteiger partial charge on any atom is -0.480 e. The summed E-state index contributed by atoms with van der Waals surface area (Å²) in [6, 6.07) is 0. The van der Waals surface area contributed by atoms with Crippen LogP contribution in [0.1, 0.15) is 40.0 Å². The Kier molecular flexibility index (Phi) is 4.51. The van der Waals surface area contributed by atoms with E-state index in [-0.39, 0.29) is 12.0 Å². The van der Waals surface area contributed by atoms with Gasteiger partial charge in [-0.15, -0.1) is 0 Å². The number of rotatable bonds is 6. The maximum absolute atomic E-state index is 11.6. The number of hydrogen-bond donors (Lipinski definition) is 2. The van der Waals surface area contributed by atoms with Gasteiger partial charge in [-0.25, -0.2) is 4.79 Å². The molecule has 1 aliphatic carbocycles. The van der Waals surface area contributed by atoms with Gasteiger partial charge in [0.25, 0.3) is 0 Å². The number of ether oxygens (including phenoxy) is 1. The third-order valence-electron chi connectivity index (χ3n) is 3.06. The second-order valence-corrected chi connectivity index (χ2v) is 5.10. The Labute approximate surface area is 102 Å². The predicted molar refractivity (Wildman–Crippen MR) is 62.6 cm³/mol. The van der Waals surface area contributed by atoms with E-state index in [0.29, 0.717) is 18.9 Å². The molecular weight excluding hydrogens is 222 g/mol. The van der Waals surface area contributed by atoms with Crippen molar-refractivity contribution in [1.29, 1.82) is 0 Å². The first kappa shape index (κ1) is 14.0. The molecule has 0 aromatic heterocycles. The molecule has 2 N–H and O–H groups in total. The molecule has 1 rings (SSSR count). The number of carboxylic acid groups (broad SMARTS) is 1. The second kappa shape index (κ2) is 5.49. The highest BCUT2D eigenvalue weighted by atomic mass is 16.5. The molecule has 0 heterocycles. The number of carbonyl (C=O) groups is 2. The van der Waals surface area contributed by atoms with Gasteiger partial charge < -0.3 is 15.2 Å². The van der Waals surface area contributed by atoms with E-state index in [2.05, 4.69) is 5.32 Å². The van der Waals surface area contributed by atoms with Crippen LogP contribution in [-0.2, 0) is 14.3 Å². The molecule has 0 aromatic rings. The summed E-state index contributed by atoms with van der Waals surface area (Å²) in [7, 11) is 0. The van der Waals surface area contributed by atoms with Crippen molar-refractivity contribution in [2.75, 3.05) is 6.61 Å². The normalized spacial score (nSPS) is 23.9. The summed E-state index contributed by atoms with van der Waals surface area (Å²) in [5, 5.41) is 11.4. The van der Waals surface area contributed by atoms with E-state index in [9.17, 15) is 9.59 Å². The molecule has 1 amide bonds. The van der Waals surface area contributed by atoms with Crippen LogP contribution in [0.5, 0.6) is 0 Å². The van der Waals surface area contributed by atoms with E-state index in [1.54, 1.807) is 0 Å². The van der Waals surface area contributed by atoms with Crippen LogP contribution in [0, 0.1) is 5.92 Å². The van der Waals surface area contributed by atoms with Gasteiger partial charge in [0.2, 0.25) is 5.91 Å². The summed E-state index contributed by atoms with van der Waals surface area (Å²) < 4.78 is 5.40. The zero-order valence-corrected chi connectivity index (χ0v) is 10.7. The second-order valence-electron chi connectivity index (χ2n) is 5.10. The van der Waals surface area contributed by atoms with Crippen molar-refractivity contribution in [3.63, 3.8) is 0 Å². The van der Waals surface area contributed by atoms with Crippen molar-refractivity contribution >= 4 is 11.9 Å². The molecule has 1 fully saturated rings. The fourth-order valence-electron chi connectivity index (χ4n) is 1.93. The van der Waals surface area contributed by atoms with Gasteiger partial charge in [-0.3, -0.25) is 4.79 Å². The van der Waals surface area contributed by atoms with Crippen molar-refractivity contribution in [3.8, 4) is 0 Å². The van der Waals surface area contributed by atoms with E-state index < -0.39 is 11.5 Å². The summed E-state index contributed by atoms with van der Waals surface area (Å²) in [6.45, 7) is 5.62. The van der Waals surface area contributed by atoms with Crippen LogP contribution in [0.2, 0.25) is 0 Å². The minimum absolute atomic E-state index is 0.197. The molecule has 17 heavy (non-hydrogen) atoms. The fraction of sp³-hybridized carbons (Fsp3) is 0.833. The van der Waals surface area contributed by atoms with Crippen LogP contribution in [0.3, 0.4) is 0 Å². The van der Waals surface area contributed by atoms with Crippen LogP contribution < -0.4 is 5.32 Å². The number of nitrogens with one attached hydrogen (secondary N) is 1. The van der Waals surface area contributed by atoms with E-state index >= 15 is 0 Å². The molecule has 0 aliphatic heterocycles. The molecule has 98 valence electrons. The Morgan fingerprint density at radius 1 is 1.41 bits per heavy atom. The molecule has 5 nitrogen and oxygen atoms in total. The van der Waals surface area contributed by atoms with Gasteiger partial charge in [0, 0.05) is 13.0 Å². The predicted octanol–water partition coefficient (Wildman–Crippen LogP) is 1.17. The Morgan fingerprint density at radius 2 is 2.00 bits per heavy atom. The summed E-state index contributed by atoms with van der Waals surface area (Å²) in [6.07, 6.45) is 2.47. The number of hydrogen-bond acceptors (Lipinski definition) is 3. The molecule has 0 aromatic carbocycles. The molecule has 0 unspecified atom stereocenters. The van der Waals surface area contributed by atoms with Crippen molar-refractivity contribution in [3.05, 3.63) is 0 Å². The Morgan fingerprint density at radius 3 is 2.47 bits per heavy atom. The average Bonchev–Trinajstić information content (AvgIpc) is 2.13. The van der Waals surface area contributed by atoms with Gasteiger partial charge >= 0.3 is 5.97 Å². The van der Waals surface area contributed by atoms with Gasteiger partial charge in [0.05, 0.1) is 6.10 Å². The smallest absolute Gasteiger partial charge is 0.328 e. The first-order valence-corrected chi connectivity index (χ1v) is 6.01. The largest absolute Gasteiger partial charge is 0.480 e. The van der Waals surface area contributed by atoms with Gasteiger partial charge in [0.1, 0.15) is 5.54 Å². The lowest BCUT2D eigenvalue weighted by Crippen LogP contribution is -2.50. The molecule has 0 saturated heterocycles. The number of aliphatic carboxylic acids is 1. The van der Waals surface area contributed by atoms with Crippen LogP contribution >= 0.6 is 0 Å². The highest BCUT2D eigenvalue weighted by Gasteiger charge is 2.34. The molecule has 5 heteroatoms. The Bertz CT molecular complexity index is 295. The maximum Gasteiger partial charge on any atom is 0.328 e. The van der Waals surface area contributed by atoms with Crippen molar-refractivity contribution in [1.82, 2.24) is 5.32 Å². The van der Waals surface area contributed by atoms with Crippen molar-refractivity contribution < 1.29 is 19.4 Å². The summed E-state index contributed by atoms with van der Waals surface area (Å²) in [5.41, 5.74) is -1.19. The number of carboxylic acids is 1. The lowest BCUT2D eigenvalue weighted by atomic mass is 9.79. The van der Waals surface area contributed by atoms with Crippen LogP contribution in [0.4, 0.5) is 0 Å². The zero-order valence-electron chi connectivity index (χ0n) is 10.7. The third-order valence-corrected chi connectivity index (χ3v) is 3.06. The first-order chi connectivity index (χ1) is 7.85. The van der Waals surface area contributed by atoms with E-state index in [1.165, 1.54) is 13.8 Å². The summed E-state index contributed by atoms with van der Waals surface area (Å²) >= 11 is 0. The van der Waals surface area contributed by atoms with E-state index in [0.717, 1.165) is 12.8 Å². The molecule has 0 bridgehead atoms. The number of amides is 1. The fourth-order valence-corrected chi connectivity index (χ4v) is 1.93. The average molecular weight is 243 g/mol. The SMILES string of the molecule is CCOC1CC(CC(=O)NC(C)(C)C(=O)O)C1. The van der Waals surface area contributed by atoms with Gasteiger partial charge in [-0.05, 0) is 39.5 Å². The first-order valence-electron chi connectivity index (χ1n) is 6.01. The summed E-state index contributed by atoms with van der Waals surface area (Å²) in [4.78, 5) is 22.4. The molecule has 0 radical (unpaired) electrons. The Hall–Kier alpha value is -1.10. The molecule has 0 atom stereocenters. The monoisotopic (exact) mass is 243 g/mol. The van der Waals surface area contributed by atoms with E-state index in [4.69, 9.17) is 9.84 Å². The molecule has 0 spiro atoms. The molecule has 1 aliphatic rings. The lowest BCUT2D eigenvalue weighted by Gasteiger charge is -2.35. The number of carbonyl (C=O) groups excluding carboxylic acids is 1. The van der Waals surface area contributed by atoms with Crippen LogP contribution in [-0.4, -0.2) is 35.2 Å². The molecular formula is C12H21NO4. The Balaban J connectivity index is 2.26. The third kappa shape index (κ3) is 4.00. The van der Waals surface area contributed by atoms with Crippen molar-refractivity contribution in [2.24, 2.45) is 5.92 Å². The van der Waals surface area contributed by atoms with Gasteiger partial charge in [-0.2, -0.15) is 0 Å². The van der Waals surface area contributed by atoms with Gasteiger partial charge in [0.15, 0.2) is 0 Å². The van der Waals surface area contributed by atoms with Crippen molar-refractivity contribution in [2.45, 2.75) is 51.7 Å². The lowest BCUT2D eigenvalue weighted by molar-refractivity contribution is -0.146. The summed E-state index contributed by atoms with van der Waals surface area (Å²) in [5.74, 6) is -0.889.